The van der Waals surface area contributed by atoms with E-state index in [0.29, 0.717) is 6.61 Å². The topological polar surface area (TPSA) is 29.5 Å². The van der Waals surface area contributed by atoms with Gasteiger partial charge in [0.25, 0.3) is 0 Å². The van der Waals surface area contributed by atoms with Gasteiger partial charge >= 0.3 is 17.4 Å². The predicted molar refractivity (Wildman–Crippen MR) is 24.7 cm³/mol. The minimum Gasteiger partial charge on any atom is -0.394 e. The van der Waals surface area contributed by atoms with Crippen molar-refractivity contribution in [3.05, 3.63) is 0 Å². The summed E-state index contributed by atoms with van der Waals surface area (Å²) >= 11 is 0. The van der Waals surface area contributed by atoms with Crippen molar-refractivity contribution < 1.29 is 9.84 Å². The van der Waals surface area contributed by atoms with Gasteiger partial charge in [-0.15, -0.1) is 0 Å². The number of hydrogen-bond acceptors (Lipinski definition) is 2. The normalized spacial score (nSPS) is 7.00. The molecule has 2 nitrogen and oxygen atoms in total. The van der Waals surface area contributed by atoms with E-state index >= 15 is 0 Å². The quantitative estimate of drug-likeness (QED) is 0.466. The monoisotopic (exact) mass is 103 g/mol. The molecule has 0 aliphatic carbocycles. The van der Waals surface area contributed by atoms with Crippen LogP contribution in [0.5, 0.6) is 0 Å². The summed E-state index contributed by atoms with van der Waals surface area (Å²) in [5.74, 6) is 0. The number of ether oxygens (including phenoxy) is 1. The second kappa shape index (κ2) is 9.07. The van der Waals surface area contributed by atoms with Crippen LogP contribution < -0.4 is 0 Å². The fourth-order valence-corrected chi connectivity index (χ4v) is 0.0913. The molecule has 0 aliphatic rings. The molecule has 0 aromatic rings. The summed E-state index contributed by atoms with van der Waals surface area (Å²) in [6.07, 6.45) is 0. The van der Waals surface area contributed by atoms with Crippen LogP contribution in [0.1, 0.15) is 0 Å². The zero-order valence-electron chi connectivity index (χ0n) is 3.85. The van der Waals surface area contributed by atoms with Crippen molar-refractivity contribution in [2.75, 3.05) is 20.3 Å². The number of aliphatic hydroxyl groups excluding tert-OH is 1. The van der Waals surface area contributed by atoms with E-state index in [1.54, 1.807) is 7.11 Å². The first-order valence-electron chi connectivity index (χ1n) is 1.51. The smallest absolute Gasteiger partial charge is 0.394 e. The van der Waals surface area contributed by atoms with Crippen LogP contribution in [0, 0.1) is 0 Å². The van der Waals surface area contributed by atoms with Crippen molar-refractivity contribution >= 4 is 17.4 Å². The maximum Gasteiger partial charge on any atom is 3.00 e. The van der Waals surface area contributed by atoms with Crippen LogP contribution >= 0.6 is 0 Å². The summed E-state index contributed by atoms with van der Waals surface area (Å²) in [7, 11) is 1.55. The molecule has 0 unspecified atom stereocenters. The van der Waals surface area contributed by atoms with Gasteiger partial charge in [0.15, 0.2) is 0 Å². The van der Waals surface area contributed by atoms with E-state index < -0.39 is 0 Å². The van der Waals surface area contributed by atoms with Crippen LogP contribution in [0.4, 0.5) is 0 Å². The van der Waals surface area contributed by atoms with Crippen molar-refractivity contribution in [2.24, 2.45) is 0 Å². The van der Waals surface area contributed by atoms with Gasteiger partial charge < -0.3 is 9.84 Å². The molecule has 0 aromatic heterocycles. The Hall–Kier alpha value is 0.452. The Bertz CT molecular complexity index is 16.3. The summed E-state index contributed by atoms with van der Waals surface area (Å²) in [4.78, 5) is 0. The molecule has 0 rings (SSSR count). The van der Waals surface area contributed by atoms with Gasteiger partial charge in [0.1, 0.15) is 0 Å². The van der Waals surface area contributed by atoms with Crippen molar-refractivity contribution in [2.45, 2.75) is 0 Å². The van der Waals surface area contributed by atoms with Crippen LogP contribution in [0.2, 0.25) is 0 Å². The van der Waals surface area contributed by atoms with Crippen molar-refractivity contribution in [3.63, 3.8) is 0 Å². The van der Waals surface area contributed by atoms with E-state index in [-0.39, 0.29) is 24.0 Å². The number of hydrogen-bond donors (Lipinski definition) is 1. The average Bonchev–Trinajstić information content (AvgIpc) is 1.41. The Balaban J connectivity index is 0. The van der Waals surface area contributed by atoms with Gasteiger partial charge in [0, 0.05) is 7.11 Å². The zero-order chi connectivity index (χ0) is 4.12. The second-order valence-corrected chi connectivity index (χ2v) is 0.716. The van der Waals surface area contributed by atoms with Crippen LogP contribution in [-0.4, -0.2) is 42.8 Å². The van der Waals surface area contributed by atoms with Gasteiger partial charge in [0.2, 0.25) is 0 Å². The van der Waals surface area contributed by atoms with E-state index in [0.717, 1.165) is 0 Å². The third kappa shape index (κ3) is 8.82. The molecule has 0 spiro atoms. The number of methoxy groups -OCH3 is 1. The second-order valence-electron chi connectivity index (χ2n) is 0.716. The number of rotatable bonds is 2. The molecule has 0 amide bonds. The van der Waals surface area contributed by atoms with Gasteiger partial charge in [-0.2, -0.15) is 0 Å². The molecular weight excluding hydrogens is 95.0 g/mol. The summed E-state index contributed by atoms with van der Waals surface area (Å²) < 4.78 is 4.44. The molecule has 3 heteroatoms. The predicted octanol–water partition coefficient (Wildman–Crippen LogP) is -0.756. The Labute approximate surface area is 48.3 Å². The molecule has 0 bridgehead atoms. The Morgan fingerprint density at radius 1 is 1.67 bits per heavy atom. The Morgan fingerprint density at radius 3 is 2.17 bits per heavy atom. The molecule has 0 heterocycles. The zero-order valence-corrected chi connectivity index (χ0v) is 5.00. The van der Waals surface area contributed by atoms with Crippen molar-refractivity contribution in [3.8, 4) is 0 Å². The average molecular weight is 103 g/mol. The standard InChI is InChI=1S/C3H8O2.Al/c1-5-3-2-4;/h4H,2-3H2,1H3;/q;+3. The van der Waals surface area contributed by atoms with Crippen molar-refractivity contribution in [1.29, 1.82) is 0 Å². The summed E-state index contributed by atoms with van der Waals surface area (Å²) in [6, 6.07) is 0. The third-order valence-corrected chi connectivity index (χ3v) is 0.295. The van der Waals surface area contributed by atoms with Crippen LogP contribution in [0.3, 0.4) is 0 Å². The van der Waals surface area contributed by atoms with E-state index in [9.17, 15) is 0 Å². The fraction of sp³-hybridized carbons (Fsp3) is 1.00. The Kier molecular flexibility index (Phi) is 14.6. The van der Waals surface area contributed by atoms with Gasteiger partial charge in [-0.1, -0.05) is 0 Å². The van der Waals surface area contributed by atoms with E-state index in [1.807, 2.05) is 0 Å². The SMILES string of the molecule is COCCO.[Al+3]. The first-order chi connectivity index (χ1) is 2.41. The molecule has 6 heavy (non-hydrogen) atoms. The Morgan fingerprint density at radius 2 is 2.17 bits per heavy atom. The van der Waals surface area contributed by atoms with Gasteiger partial charge in [0.05, 0.1) is 13.2 Å². The molecule has 0 aliphatic heterocycles. The molecular formula is C3H8AlO2+3. The molecule has 0 aromatic carbocycles. The molecule has 0 saturated carbocycles. The molecule has 1 N–H and O–H groups in total. The molecule has 32 valence electrons. The van der Waals surface area contributed by atoms with E-state index in [2.05, 4.69) is 4.74 Å². The maximum absolute atomic E-state index is 7.94. The minimum absolute atomic E-state index is 0. The largest absolute Gasteiger partial charge is 3.00 e. The van der Waals surface area contributed by atoms with Gasteiger partial charge in [-0.25, -0.2) is 0 Å². The van der Waals surface area contributed by atoms with Gasteiger partial charge in [-0.05, 0) is 0 Å². The maximum atomic E-state index is 7.94. The first kappa shape index (κ1) is 9.68. The van der Waals surface area contributed by atoms with E-state index in [1.165, 1.54) is 0 Å². The molecule has 0 radical (unpaired) electrons. The summed E-state index contributed by atoms with van der Waals surface area (Å²) in [5.41, 5.74) is 0. The summed E-state index contributed by atoms with van der Waals surface area (Å²) in [6.45, 7) is 0.566. The minimum atomic E-state index is 0. The van der Waals surface area contributed by atoms with E-state index in [4.69, 9.17) is 5.11 Å². The molecule has 0 fully saturated rings. The van der Waals surface area contributed by atoms with Crippen LogP contribution in [0.25, 0.3) is 0 Å². The van der Waals surface area contributed by atoms with Crippen LogP contribution in [-0.2, 0) is 4.74 Å². The third-order valence-electron chi connectivity index (χ3n) is 0.295. The number of aliphatic hydroxyl groups is 1. The van der Waals surface area contributed by atoms with Gasteiger partial charge in [-0.3, -0.25) is 0 Å². The fourth-order valence-electron chi connectivity index (χ4n) is 0.0913. The van der Waals surface area contributed by atoms with Crippen molar-refractivity contribution in [1.82, 2.24) is 0 Å². The molecule has 0 atom stereocenters. The first-order valence-corrected chi connectivity index (χ1v) is 1.51. The van der Waals surface area contributed by atoms with Crippen LogP contribution in [0.15, 0.2) is 0 Å². The summed E-state index contributed by atoms with van der Waals surface area (Å²) in [5, 5.41) is 7.94. The molecule has 0 saturated heterocycles.